The monoisotopic (exact) mass is 219 g/mol. The van der Waals surface area contributed by atoms with Crippen molar-refractivity contribution in [2.75, 3.05) is 40.0 Å². The van der Waals surface area contributed by atoms with E-state index < -0.39 is 0 Å². The van der Waals surface area contributed by atoms with Gasteiger partial charge in [-0.2, -0.15) is 0 Å². The molecule has 0 aliphatic rings. The fourth-order valence-corrected chi connectivity index (χ4v) is 1.29. The number of hydrogen-bond donors (Lipinski definition) is 1. The summed E-state index contributed by atoms with van der Waals surface area (Å²) in [5, 5.41) is 3.25. The Balaban J connectivity index is 3.70. The molecule has 0 radical (unpaired) electrons. The van der Waals surface area contributed by atoms with Crippen molar-refractivity contribution in [1.29, 1.82) is 0 Å². The van der Waals surface area contributed by atoms with Crippen LogP contribution in [0.3, 0.4) is 0 Å². The average Bonchev–Trinajstić information content (AvgIpc) is 2.23. The van der Waals surface area contributed by atoms with Gasteiger partial charge in [0.15, 0.2) is 0 Å². The van der Waals surface area contributed by atoms with Crippen LogP contribution in [0.15, 0.2) is 0 Å². The van der Waals surface area contributed by atoms with Crippen LogP contribution in [0.1, 0.15) is 20.8 Å². The maximum atomic E-state index is 5.78. The van der Waals surface area contributed by atoms with E-state index in [9.17, 15) is 0 Å². The molecule has 0 fully saturated rings. The van der Waals surface area contributed by atoms with Crippen molar-refractivity contribution in [1.82, 2.24) is 5.32 Å². The van der Waals surface area contributed by atoms with Gasteiger partial charge in [-0.15, -0.1) is 0 Å². The third-order valence-electron chi connectivity index (χ3n) is 1.96. The first-order chi connectivity index (χ1) is 7.24. The molecule has 92 valence electrons. The molecule has 2 atom stereocenters. The van der Waals surface area contributed by atoms with Crippen LogP contribution in [0, 0.1) is 0 Å². The Kier molecular flexibility index (Phi) is 10.3. The lowest BCUT2D eigenvalue weighted by molar-refractivity contribution is -0.0691. The predicted octanol–water partition coefficient (Wildman–Crippen LogP) is 1.05. The predicted molar refractivity (Wildman–Crippen MR) is 61.2 cm³/mol. The first kappa shape index (κ1) is 14.8. The van der Waals surface area contributed by atoms with E-state index in [0.717, 1.165) is 19.7 Å². The van der Waals surface area contributed by atoms with Gasteiger partial charge in [-0.1, -0.05) is 6.92 Å². The molecular weight excluding hydrogens is 194 g/mol. The van der Waals surface area contributed by atoms with Crippen molar-refractivity contribution in [2.45, 2.75) is 33.0 Å². The van der Waals surface area contributed by atoms with Gasteiger partial charge in [-0.3, -0.25) is 0 Å². The molecule has 0 saturated heterocycles. The van der Waals surface area contributed by atoms with Gasteiger partial charge in [0.25, 0.3) is 0 Å². The molecule has 0 aliphatic heterocycles. The summed E-state index contributed by atoms with van der Waals surface area (Å²) in [6.45, 7) is 9.84. The van der Waals surface area contributed by atoms with Crippen molar-refractivity contribution in [3.63, 3.8) is 0 Å². The van der Waals surface area contributed by atoms with Gasteiger partial charge < -0.3 is 19.5 Å². The van der Waals surface area contributed by atoms with E-state index in [2.05, 4.69) is 12.2 Å². The average molecular weight is 219 g/mol. The van der Waals surface area contributed by atoms with E-state index in [-0.39, 0.29) is 12.2 Å². The number of likely N-dealkylation sites (N-methyl/N-ethyl adjacent to an activating group) is 1. The Bertz CT molecular complexity index is 133. The van der Waals surface area contributed by atoms with Gasteiger partial charge in [0.2, 0.25) is 0 Å². The summed E-state index contributed by atoms with van der Waals surface area (Å²) in [4.78, 5) is 0. The van der Waals surface area contributed by atoms with Crippen LogP contribution in [0.2, 0.25) is 0 Å². The molecule has 0 amide bonds. The highest BCUT2D eigenvalue weighted by atomic mass is 16.6. The zero-order valence-corrected chi connectivity index (χ0v) is 10.4. The highest BCUT2D eigenvalue weighted by molar-refractivity contribution is 4.62. The van der Waals surface area contributed by atoms with Crippen molar-refractivity contribution in [3.05, 3.63) is 0 Å². The molecule has 0 aromatic heterocycles. The zero-order valence-electron chi connectivity index (χ0n) is 10.4. The molecule has 0 spiro atoms. The van der Waals surface area contributed by atoms with Crippen molar-refractivity contribution >= 4 is 0 Å². The third kappa shape index (κ3) is 8.81. The standard InChI is InChI=1S/C11H25NO3/c1-5-12-7-11(9-13-4)15-10(3)8-14-6-2/h10-12H,5-9H2,1-4H3. The minimum absolute atomic E-state index is 0.102. The van der Waals surface area contributed by atoms with Crippen LogP contribution >= 0.6 is 0 Å². The lowest BCUT2D eigenvalue weighted by Crippen LogP contribution is -2.36. The molecule has 4 nitrogen and oxygen atoms in total. The molecule has 0 heterocycles. The van der Waals surface area contributed by atoms with Crippen LogP contribution in [-0.4, -0.2) is 52.2 Å². The Morgan fingerprint density at radius 3 is 2.47 bits per heavy atom. The molecule has 0 rings (SSSR count). The second kappa shape index (κ2) is 10.4. The maximum absolute atomic E-state index is 5.78. The SMILES string of the molecule is CCNCC(COC)OC(C)COCC. The first-order valence-corrected chi connectivity index (χ1v) is 5.67. The summed E-state index contributed by atoms with van der Waals surface area (Å²) in [6.07, 6.45) is 0.217. The number of methoxy groups -OCH3 is 1. The molecule has 4 heteroatoms. The molecule has 0 aliphatic carbocycles. The van der Waals surface area contributed by atoms with E-state index in [1.807, 2.05) is 13.8 Å². The van der Waals surface area contributed by atoms with Crippen LogP contribution in [0.4, 0.5) is 0 Å². The van der Waals surface area contributed by atoms with Gasteiger partial charge in [0.05, 0.1) is 25.4 Å². The Hall–Kier alpha value is -0.160. The van der Waals surface area contributed by atoms with Gasteiger partial charge >= 0.3 is 0 Å². The minimum Gasteiger partial charge on any atom is -0.382 e. The summed E-state index contributed by atoms with van der Waals surface area (Å²) in [6, 6.07) is 0. The third-order valence-corrected chi connectivity index (χ3v) is 1.96. The van der Waals surface area contributed by atoms with Crippen molar-refractivity contribution in [3.8, 4) is 0 Å². The van der Waals surface area contributed by atoms with Crippen LogP contribution < -0.4 is 5.32 Å². The molecule has 0 saturated carbocycles. The molecule has 1 N–H and O–H groups in total. The van der Waals surface area contributed by atoms with E-state index >= 15 is 0 Å². The van der Waals surface area contributed by atoms with Gasteiger partial charge in [-0.25, -0.2) is 0 Å². The topological polar surface area (TPSA) is 39.7 Å². The van der Waals surface area contributed by atoms with Gasteiger partial charge in [-0.05, 0) is 20.4 Å². The minimum atomic E-state index is 0.102. The molecule has 15 heavy (non-hydrogen) atoms. The van der Waals surface area contributed by atoms with Crippen LogP contribution in [-0.2, 0) is 14.2 Å². The summed E-state index contributed by atoms with van der Waals surface area (Å²) < 4.78 is 16.2. The quantitative estimate of drug-likeness (QED) is 0.596. The van der Waals surface area contributed by atoms with E-state index in [1.165, 1.54) is 0 Å². The highest BCUT2D eigenvalue weighted by Crippen LogP contribution is 1.99. The normalized spacial score (nSPS) is 15.2. The Morgan fingerprint density at radius 2 is 1.93 bits per heavy atom. The fourth-order valence-electron chi connectivity index (χ4n) is 1.29. The second-order valence-corrected chi connectivity index (χ2v) is 3.49. The van der Waals surface area contributed by atoms with E-state index in [0.29, 0.717) is 13.2 Å². The van der Waals surface area contributed by atoms with E-state index in [4.69, 9.17) is 14.2 Å². The van der Waals surface area contributed by atoms with Crippen molar-refractivity contribution in [2.24, 2.45) is 0 Å². The lowest BCUT2D eigenvalue weighted by atomic mass is 10.3. The lowest BCUT2D eigenvalue weighted by Gasteiger charge is -2.22. The molecular formula is C11H25NO3. The van der Waals surface area contributed by atoms with Crippen molar-refractivity contribution < 1.29 is 14.2 Å². The molecule has 2 unspecified atom stereocenters. The number of ether oxygens (including phenoxy) is 3. The van der Waals surface area contributed by atoms with E-state index in [1.54, 1.807) is 7.11 Å². The summed E-state index contributed by atoms with van der Waals surface area (Å²) >= 11 is 0. The summed E-state index contributed by atoms with van der Waals surface area (Å²) in [5.41, 5.74) is 0. The molecule has 0 aromatic carbocycles. The first-order valence-electron chi connectivity index (χ1n) is 5.67. The number of nitrogens with one attached hydrogen (secondary N) is 1. The smallest absolute Gasteiger partial charge is 0.0937 e. The van der Waals surface area contributed by atoms with Gasteiger partial charge in [0.1, 0.15) is 0 Å². The Labute approximate surface area is 93.3 Å². The summed E-state index contributed by atoms with van der Waals surface area (Å²) in [5.74, 6) is 0. The number of rotatable bonds is 10. The molecule has 0 aromatic rings. The second-order valence-electron chi connectivity index (χ2n) is 3.49. The van der Waals surface area contributed by atoms with Crippen LogP contribution in [0.5, 0.6) is 0 Å². The van der Waals surface area contributed by atoms with Crippen LogP contribution in [0.25, 0.3) is 0 Å². The maximum Gasteiger partial charge on any atom is 0.0937 e. The zero-order chi connectivity index (χ0) is 11.5. The molecule has 0 bridgehead atoms. The largest absolute Gasteiger partial charge is 0.382 e. The highest BCUT2D eigenvalue weighted by Gasteiger charge is 2.12. The van der Waals surface area contributed by atoms with Gasteiger partial charge in [0, 0.05) is 20.3 Å². The Morgan fingerprint density at radius 1 is 1.20 bits per heavy atom. The fraction of sp³-hybridized carbons (Fsp3) is 1.00. The number of hydrogen-bond acceptors (Lipinski definition) is 4. The summed E-state index contributed by atoms with van der Waals surface area (Å²) in [7, 11) is 1.69.